The van der Waals surface area contributed by atoms with E-state index < -0.39 is 17.8 Å². The number of hydrazone groups is 1. The van der Waals surface area contributed by atoms with Crippen molar-refractivity contribution < 1.29 is 13.6 Å². The van der Waals surface area contributed by atoms with Gasteiger partial charge in [0.15, 0.2) is 5.84 Å². The highest BCUT2D eigenvalue weighted by Gasteiger charge is 2.45. The Hall–Kier alpha value is -2.59. The Labute approximate surface area is 181 Å². The number of nitrogens with zero attached hydrogens (tertiary/aromatic N) is 3. The van der Waals surface area contributed by atoms with E-state index in [0.29, 0.717) is 16.9 Å². The van der Waals surface area contributed by atoms with Crippen LogP contribution in [0, 0.1) is 5.92 Å². The molecule has 0 bridgehead atoms. The number of hydrogen-bond acceptors (Lipinski definition) is 5. The molecule has 1 aliphatic rings. The minimum absolute atomic E-state index is 0.207. The normalized spacial score (nSPS) is 19.4. The molecule has 1 aromatic heterocycles. The van der Waals surface area contributed by atoms with E-state index in [4.69, 9.17) is 11.6 Å². The van der Waals surface area contributed by atoms with Gasteiger partial charge in [-0.25, -0.2) is 24.7 Å². The Morgan fingerprint density at radius 2 is 2.03 bits per heavy atom. The van der Waals surface area contributed by atoms with E-state index in [1.807, 2.05) is 0 Å². The maximum Gasteiger partial charge on any atom is 0.248 e. The zero-order chi connectivity index (χ0) is 21.9. The second-order valence-corrected chi connectivity index (χ2v) is 8.28. The van der Waals surface area contributed by atoms with Crippen LogP contribution in [-0.2, 0) is 4.79 Å². The molecule has 1 heterocycles. The molecule has 10 heteroatoms. The van der Waals surface area contributed by atoms with Crippen LogP contribution in [-0.4, -0.2) is 34.8 Å². The number of benzene rings is 1. The van der Waals surface area contributed by atoms with Crippen molar-refractivity contribution in [2.24, 2.45) is 22.6 Å². The predicted molar refractivity (Wildman–Crippen MR) is 115 cm³/mol. The lowest BCUT2D eigenvalue weighted by molar-refractivity contribution is -0.118. The number of rotatable bonds is 6. The first-order valence-corrected chi connectivity index (χ1v) is 10.2. The molecule has 1 aromatic carbocycles. The Kier molecular flexibility index (Phi) is 6.67. The van der Waals surface area contributed by atoms with Crippen LogP contribution >= 0.6 is 15.9 Å². The number of amidine groups is 1. The number of halogens is 3. The third-order valence-electron chi connectivity index (χ3n) is 5.01. The molecule has 0 radical (unpaired) electrons. The molecule has 30 heavy (non-hydrogen) atoms. The number of carbonyl (C=O) groups is 1. The van der Waals surface area contributed by atoms with Crippen molar-refractivity contribution in [3.8, 4) is 0 Å². The predicted octanol–water partition coefficient (Wildman–Crippen LogP) is 3.43. The summed E-state index contributed by atoms with van der Waals surface area (Å²) in [4.78, 5) is 17.2. The van der Waals surface area contributed by atoms with Crippen LogP contribution in [0.1, 0.15) is 36.3 Å². The highest BCUT2D eigenvalue weighted by molar-refractivity contribution is 9.10. The first kappa shape index (κ1) is 22.1. The summed E-state index contributed by atoms with van der Waals surface area (Å²) in [5.74, 6) is 1.68. The lowest BCUT2D eigenvalue weighted by Crippen LogP contribution is -2.28. The van der Waals surface area contributed by atoms with E-state index in [1.165, 1.54) is 7.05 Å². The van der Waals surface area contributed by atoms with Gasteiger partial charge in [-0.3, -0.25) is 4.79 Å². The number of hydrogen-bond donors (Lipinski definition) is 3. The van der Waals surface area contributed by atoms with Gasteiger partial charge in [-0.1, -0.05) is 24.3 Å². The number of alkyl halides is 2. The minimum atomic E-state index is -2.76. The summed E-state index contributed by atoms with van der Waals surface area (Å²) >= 11 is 3.29. The number of nitrogens with two attached hydrogens (primary N) is 2. The fourth-order valence-corrected chi connectivity index (χ4v) is 3.88. The zero-order valence-electron chi connectivity index (χ0n) is 16.4. The number of aromatic nitrogens is 1. The van der Waals surface area contributed by atoms with Crippen molar-refractivity contribution in [3.63, 3.8) is 0 Å². The highest BCUT2D eigenvalue weighted by atomic mass is 79.9. The topological polar surface area (TPSA) is 110 Å². The molecule has 0 saturated heterocycles. The van der Waals surface area contributed by atoms with E-state index in [9.17, 15) is 13.6 Å². The molecular formula is C20H23BrF2N6O. The van der Waals surface area contributed by atoms with Crippen molar-refractivity contribution in [1.29, 1.82) is 0 Å². The molecule has 1 fully saturated rings. The van der Waals surface area contributed by atoms with Crippen molar-refractivity contribution in [2.45, 2.75) is 31.1 Å². The molecule has 5 N–H and O–H groups in total. The molecule has 0 aliphatic heterocycles. The van der Waals surface area contributed by atoms with Crippen molar-refractivity contribution in [3.05, 3.63) is 58.2 Å². The summed E-state index contributed by atoms with van der Waals surface area (Å²) in [5.41, 5.74) is 7.13. The Bertz CT molecular complexity index is 918. The maximum atomic E-state index is 13.9. The molecule has 2 atom stereocenters. The van der Waals surface area contributed by atoms with Gasteiger partial charge in [0.05, 0.1) is 5.92 Å². The van der Waals surface area contributed by atoms with Crippen LogP contribution in [0.5, 0.6) is 0 Å². The quantitative estimate of drug-likeness (QED) is 0.254. The molecule has 2 aromatic rings. The van der Waals surface area contributed by atoms with Crippen LogP contribution in [0.2, 0.25) is 0 Å². The van der Waals surface area contributed by atoms with Crippen LogP contribution < -0.4 is 16.9 Å². The van der Waals surface area contributed by atoms with Crippen LogP contribution in [0.4, 0.5) is 14.6 Å². The standard InChI is InChI=1S/C20H23BrF2N6O/c1-29(25)28-18(24)13-4-2-12(3-5-13)17(14-8-9-20(22,23)10-14)19(30)27-16-7-6-15(21)11-26-16/h2-7,11,14,17H,8-10,25H2,1H3,(H2,24,28)(H,26,27,30). The Balaban J connectivity index is 1.87. The number of hydrazine groups is 1. The van der Waals surface area contributed by atoms with E-state index in [2.05, 4.69) is 31.3 Å². The summed E-state index contributed by atoms with van der Waals surface area (Å²) in [5, 5.41) is 7.77. The van der Waals surface area contributed by atoms with E-state index >= 15 is 0 Å². The first-order valence-electron chi connectivity index (χ1n) is 9.38. The molecule has 3 rings (SSSR count). The van der Waals surface area contributed by atoms with Gasteiger partial charge in [0.25, 0.3) is 0 Å². The highest BCUT2D eigenvalue weighted by Crippen LogP contribution is 2.45. The number of nitrogens with one attached hydrogen (secondary N) is 1. The average Bonchev–Trinajstić information content (AvgIpc) is 3.03. The number of pyridine rings is 1. The second-order valence-electron chi connectivity index (χ2n) is 7.37. The average molecular weight is 481 g/mol. The molecular weight excluding hydrogens is 458 g/mol. The van der Waals surface area contributed by atoms with Crippen LogP contribution in [0.15, 0.2) is 52.2 Å². The lowest BCUT2D eigenvalue weighted by Gasteiger charge is -2.23. The van der Waals surface area contributed by atoms with Gasteiger partial charge in [-0.15, -0.1) is 5.10 Å². The number of amides is 1. The van der Waals surface area contributed by atoms with E-state index in [0.717, 1.165) is 9.59 Å². The SMILES string of the molecule is CN(N)/N=C(\N)c1ccc(C(C(=O)Nc2ccc(Br)cn2)C2CCC(F)(F)C2)cc1. The van der Waals surface area contributed by atoms with Crippen LogP contribution in [0.3, 0.4) is 0 Å². The summed E-state index contributed by atoms with van der Waals surface area (Å²) in [6.07, 6.45) is 1.27. The minimum Gasteiger partial charge on any atom is -0.382 e. The van der Waals surface area contributed by atoms with Gasteiger partial charge >= 0.3 is 0 Å². The number of carbonyl (C=O) groups excluding carboxylic acids is 1. The second kappa shape index (κ2) is 9.05. The first-order chi connectivity index (χ1) is 14.1. The smallest absolute Gasteiger partial charge is 0.248 e. The van der Waals surface area contributed by atoms with Gasteiger partial charge in [-0.05, 0) is 46.0 Å². The van der Waals surface area contributed by atoms with Crippen molar-refractivity contribution in [2.75, 3.05) is 12.4 Å². The van der Waals surface area contributed by atoms with Gasteiger partial charge in [-0.2, -0.15) is 0 Å². The van der Waals surface area contributed by atoms with Gasteiger partial charge in [0.2, 0.25) is 11.8 Å². The van der Waals surface area contributed by atoms with Crippen molar-refractivity contribution in [1.82, 2.24) is 10.1 Å². The third-order valence-corrected chi connectivity index (χ3v) is 5.47. The fourth-order valence-electron chi connectivity index (χ4n) is 3.65. The van der Waals surface area contributed by atoms with Crippen molar-refractivity contribution >= 4 is 33.5 Å². The molecule has 1 aliphatic carbocycles. The molecule has 1 saturated carbocycles. The van der Waals surface area contributed by atoms with E-state index in [1.54, 1.807) is 42.6 Å². The zero-order valence-corrected chi connectivity index (χ0v) is 17.9. The van der Waals surface area contributed by atoms with Gasteiger partial charge < -0.3 is 11.1 Å². The van der Waals surface area contributed by atoms with Gasteiger partial charge in [0.1, 0.15) is 5.82 Å². The summed E-state index contributed by atoms with van der Waals surface area (Å²) < 4.78 is 28.6. The molecule has 0 spiro atoms. The fraction of sp³-hybridized carbons (Fsp3) is 0.350. The summed E-state index contributed by atoms with van der Waals surface area (Å²) in [6, 6.07) is 10.2. The van der Waals surface area contributed by atoms with E-state index in [-0.39, 0.29) is 31.0 Å². The van der Waals surface area contributed by atoms with Crippen LogP contribution in [0.25, 0.3) is 0 Å². The largest absolute Gasteiger partial charge is 0.382 e. The molecule has 1 amide bonds. The Morgan fingerprint density at radius 1 is 1.33 bits per heavy atom. The molecule has 7 nitrogen and oxygen atoms in total. The molecule has 2 unspecified atom stereocenters. The summed E-state index contributed by atoms with van der Waals surface area (Å²) in [6.45, 7) is 0. The lowest BCUT2D eigenvalue weighted by atomic mass is 9.83. The summed E-state index contributed by atoms with van der Waals surface area (Å²) in [7, 11) is 1.54. The third kappa shape index (κ3) is 5.51. The maximum absolute atomic E-state index is 13.9. The number of anilines is 1. The monoisotopic (exact) mass is 480 g/mol. The Morgan fingerprint density at radius 3 is 2.57 bits per heavy atom. The molecule has 160 valence electrons. The van der Waals surface area contributed by atoms with Gasteiger partial charge in [0, 0.05) is 36.1 Å².